The van der Waals surface area contributed by atoms with Gasteiger partial charge < -0.3 is 9.47 Å². The summed E-state index contributed by atoms with van der Waals surface area (Å²) in [5.74, 6) is -2.52. The standard InChI is InChI=1S/C19H17NO4/c1-3-19(2)23-17(21)15(18(22)24-19)9-6-7-13-11-12-20-16-10-5-4-8-14(13)16/h4-12H,3H2,1-2H3/b7-6+,15-9?. The van der Waals surface area contributed by atoms with Crippen molar-refractivity contribution in [1.82, 2.24) is 4.98 Å². The first-order chi connectivity index (χ1) is 11.5. The van der Waals surface area contributed by atoms with E-state index in [1.54, 1.807) is 26.1 Å². The Morgan fingerprint density at radius 3 is 2.54 bits per heavy atom. The summed E-state index contributed by atoms with van der Waals surface area (Å²) in [5.41, 5.74) is 1.70. The van der Waals surface area contributed by atoms with Gasteiger partial charge in [-0.25, -0.2) is 9.59 Å². The van der Waals surface area contributed by atoms with Crippen LogP contribution in [0.1, 0.15) is 25.8 Å². The first-order valence-electron chi connectivity index (χ1n) is 7.71. The minimum absolute atomic E-state index is 0.115. The summed E-state index contributed by atoms with van der Waals surface area (Å²) in [7, 11) is 0. The number of para-hydroxylation sites is 1. The molecule has 0 atom stereocenters. The van der Waals surface area contributed by atoms with Crippen LogP contribution in [0.3, 0.4) is 0 Å². The Kier molecular flexibility index (Phi) is 4.16. The third-order valence-electron chi connectivity index (χ3n) is 3.92. The quantitative estimate of drug-likeness (QED) is 0.492. The Morgan fingerprint density at radius 2 is 1.83 bits per heavy atom. The van der Waals surface area contributed by atoms with Crippen LogP contribution in [0.5, 0.6) is 0 Å². The summed E-state index contributed by atoms with van der Waals surface area (Å²) < 4.78 is 10.4. The number of esters is 2. The van der Waals surface area contributed by atoms with Gasteiger partial charge in [-0.2, -0.15) is 0 Å². The van der Waals surface area contributed by atoms with E-state index < -0.39 is 17.7 Å². The van der Waals surface area contributed by atoms with Crippen LogP contribution in [0.4, 0.5) is 0 Å². The fourth-order valence-corrected chi connectivity index (χ4v) is 2.40. The minimum Gasteiger partial charge on any atom is -0.419 e. The van der Waals surface area contributed by atoms with Gasteiger partial charge in [0.1, 0.15) is 5.57 Å². The van der Waals surface area contributed by atoms with Crippen molar-refractivity contribution in [2.45, 2.75) is 26.1 Å². The molecule has 0 unspecified atom stereocenters. The maximum Gasteiger partial charge on any atom is 0.348 e. The highest BCUT2D eigenvalue weighted by Crippen LogP contribution is 2.26. The molecular formula is C19H17NO4. The second kappa shape index (κ2) is 6.28. The van der Waals surface area contributed by atoms with E-state index in [0.29, 0.717) is 6.42 Å². The third kappa shape index (κ3) is 3.06. The van der Waals surface area contributed by atoms with Crippen molar-refractivity contribution in [2.75, 3.05) is 0 Å². The Morgan fingerprint density at radius 1 is 1.12 bits per heavy atom. The third-order valence-corrected chi connectivity index (χ3v) is 3.92. The summed E-state index contributed by atoms with van der Waals surface area (Å²) in [6.07, 6.45) is 6.97. The topological polar surface area (TPSA) is 65.5 Å². The molecule has 24 heavy (non-hydrogen) atoms. The average molecular weight is 323 g/mol. The summed E-state index contributed by atoms with van der Waals surface area (Å²) in [6.45, 7) is 3.35. The number of cyclic esters (lactones) is 2. The van der Waals surface area contributed by atoms with E-state index in [1.807, 2.05) is 36.4 Å². The number of rotatable bonds is 3. The molecule has 1 aliphatic heterocycles. The van der Waals surface area contributed by atoms with Crippen LogP contribution < -0.4 is 0 Å². The van der Waals surface area contributed by atoms with Crippen molar-refractivity contribution in [3.63, 3.8) is 0 Å². The van der Waals surface area contributed by atoms with E-state index in [-0.39, 0.29) is 5.57 Å². The number of hydrogen-bond donors (Lipinski definition) is 0. The molecule has 0 spiro atoms. The van der Waals surface area contributed by atoms with E-state index in [2.05, 4.69) is 4.98 Å². The molecule has 1 aromatic carbocycles. The number of allylic oxidation sites excluding steroid dienone is 2. The molecule has 3 rings (SSSR count). The zero-order valence-corrected chi connectivity index (χ0v) is 13.5. The van der Waals surface area contributed by atoms with Crippen molar-refractivity contribution in [1.29, 1.82) is 0 Å². The smallest absolute Gasteiger partial charge is 0.348 e. The highest BCUT2D eigenvalue weighted by atomic mass is 16.7. The van der Waals surface area contributed by atoms with Gasteiger partial charge in [0.25, 0.3) is 5.79 Å². The Hall–Kier alpha value is -2.95. The molecule has 122 valence electrons. The number of pyridine rings is 1. The molecule has 1 aliphatic rings. The number of aromatic nitrogens is 1. The highest BCUT2D eigenvalue weighted by molar-refractivity contribution is 6.15. The van der Waals surface area contributed by atoms with Gasteiger partial charge in [0, 0.05) is 24.9 Å². The minimum atomic E-state index is -1.18. The maximum atomic E-state index is 12.0. The Balaban J connectivity index is 1.86. The predicted octanol–water partition coefficient (Wildman–Crippen LogP) is 3.40. The van der Waals surface area contributed by atoms with Gasteiger partial charge in [0.2, 0.25) is 0 Å². The lowest BCUT2D eigenvalue weighted by Gasteiger charge is -2.32. The monoisotopic (exact) mass is 323 g/mol. The van der Waals surface area contributed by atoms with Crippen LogP contribution in [-0.4, -0.2) is 22.7 Å². The lowest BCUT2D eigenvalue weighted by molar-refractivity contribution is -0.229. The molecule has 5 heteroatoms. The largest absolute Gasteiger partial charge is 0.419 e. The first kappa shape index (κ1) is 15.9. The van der Waals surface area contributed by atoms with Crippen LogP contribution in [0.25, 0.3) is 17.0 Å². The van der Waals surface area contributed by atoms with Crippen molar-refractivity contribution in [3.8, 4) is 0 Å². The zero-order valence-electron chi connectivity index (χ0n) is 13.5. The molecule has 5 nitrogen and oxygen atoms in total. The van der Waals surface area contributed by atoms with Gasteiger partial charge in [0.15, 0.2) is 0 Å². The second-order valence-electron chi connectivity index (χ2n) is 5.62. The zero-order chi connectivity index (χ0) is 17.2. The number of carbonyl (C=O) groups excluding carboxylic acids is 2. The average Bonchev–Trinajstić information content (AvgIpc) is 2.57. The number of ether oxygens (including phenoxy) is 2. The SMILES string of the molecule is CCC1(C)OC(=O)C(=C/C=C/c2ccnc3ccccc23)C(=O)O1. The number of nitrogens with zero attached hydrogens (tertiary/aromatic N) is 1. The lowest BCUT2D eigenvalue weighted by Crippen LogP contribution is -2.43. The fourth-order valence-electron chi connectivity index (χ4n) is 2.40. The second-order valence-corrected chi connectivity index (χ2v) is 5.62. The lowest BCUT2D eigenvalue weighted by atomic mass is 10.1. The summed E-state index contributed by atoms with van der Waals surface area (Å²) >= 11 is 0. The summed E-state index contributed by atoms with van der Waals surface area (Å²) in [4.78, 5) is 28.3. The molecular weight excluding hydrogens is 306 g/mol. The Labute approximate surface area is 139 Å². The molecule has 0 aliphatic carbocycles. The molecule has 1 aromatic heterocycles. The number of benzene rings is 1. The van der Waals surface area contributed by atoms with Gasteiger partial charge >= 0.3 is 11.9 Å². The maximum absolute atomic E-state index is 12.0. The normalized spacial score (nSPS) is 21.0. The van der Waals surface area contributed by atoms with Crippen LogP contribution in [0.2, 0.25) is 0 Å². The van der Waals surface area contributed by atoms with E-state index in [0.717, 1.165) is 16.5 Å². The first-order valence-corrected chi connectivity index (χ1v) is 7.71. The van der Waals surface area contributed by atoms with Crippen LogP contribution in [0, 0.1) is 0 Å². The molecule has 0 amide bonds. The van der Waals surface area contributed by atoms with Crippen molar-refractivity contribution >= 4 is 28.9 Å². The molecule has 1 saturated heterocycles. The van der Waals surface area contributed by atoms with Crippen molar-refractivity contribution in [3.05, 3.63) is 59.8 Å². The molecule has 2 aromatic rings. The molecule has 0 radical (unpaired) electrons. The van der Waals surface area contributed by atoms with Gasteiger partial charge in [-0.05, 0) is 23.8 Å². The van der Waals surface area contributed by atoms with Gasteiger partial charge in [-0.1, -0.05) is 37.3 Å². The van der Waals surface area contributed by atoms with Gasteiger partial charge in [-0.15, -0.1) is 0 Å². The molecule has 0 bridgehead atoms. The van der Waals surface area contributed by atoms with Crippen molar-refractivity contribution in [2.24, 2.45) is 0 Å². The summed E-state index contributed by atoms with van der Waals surface area (Å²) in [6, 6.07) is 9.60. The number of fused-ring (bicyclic) bond motifs is 1. The molecule has 0 saturated carbocycles. The van der Waals surface area contributed by atoms with E-state index in [1.165, 1.54) is 6.08 Å². The van der Waals surface area contributed by atoms with Crippen LogP contribution in [0.15, 0.2) is 54.3 Å². The summed E-state index contributed by atoms with van der Waals surface area (Å²) in [5, 5.41) is 0.988. The van der Waals surface area contributed by atoms with E-state index >= 15 is 0 Å². The molecule has 0 N–H and O–H groups in total. The Bertz CT molecular complexity index is 841. The van der Waals surface area contributed by atoms with Crippen molar-refractivity contribution < 1.29 is 19.1 Å². The predicted molar refractivity (Wildman–Crippen MR) is 89.7 cm³/mol. The van der Waals surface area contributed by atoms with Gasteiger partial charge in [-0.3, -0.25) is 4.98 Å². The van der Waals surface area contributed by atoms with Crippen LogP contribution >= 0.6 is 0 Å². The van der Waals surface area contributed by atoms with Crippen LogP contribution in [-0.2, 0) is 19.1 Å². The van der Waals surface area contributed by atoms with E-state index in [4.69, 9.17) is 9.47 Å². The van der Waals surface area contributed by atoms with E-state index in [9.17, 15) is 9.59 Å². The molecule has 1 fully saturated rings. The highest BCUT2D eigenvalue weighted by Gasteiger charge is 2.40. The fraction of sp³-hybridized carbons (Fsp3) is 0.211. The number of hydrogen-bond acceptors (Lipinski definition) is 5. The molecule has 2 heterocycles. The number of carbonyl (C=O) groups is 2. The van der Waals surface area contributed by atoms with Gasteiger partial charge in [0.05, 0.1) is 5.52 Å².